The van der Waals surface area contributed by atoms with Crippen molar-refractivity contribution in [2.75, 3.05) is 11.9 Å². The van der Waals surface area contributed by atoms with Gasteiger partial charge >= 0.3 is 6.09 Å². The average molecular weight is 361 g/mol. The predicted molar refractivity (Wildman–Crippen MR) is 96.9 cm³/mol. The molecule has 1 aromatic carbocycles. The summed E-state index contributed by atoms with van der Waals surface area (Å²) in [6.07, 6.45) is 3.69. The molecule has 2 aromatic rings. The number of carbonyl (C=O) groups excluding carboxylic acids is 1. The standard InChI is InChI=1S/C18H21ClN4O2/c1-2-25-18(24)23-12-7-8-13(23)10-11(9-12)20-17-15-6-4-3-5-14(15)16(19)21-22-17/h3-6,11-13H,2,7-10H2,1H3,(H,20,22)/t11?,12-,13?/m1/s1. The molecule has 7 heteroatoms. The Morgan fingerprint density at radius 1 is 1.24 bits per heavy atom. The first kappa shape index (κ1) is 16.4. The van der Waals surface area contributed by atoms with Crippen LogP contribution >= 0.6 is 11.6 Å². The third-order valence-electron chi connectivity index (χ3n) is 5.19. The van der Waals surface area contributed by atoms with Crippen molar-refractivity contribution < 1.29 is 9.53 Å². The fraction of sp³-hybridized carbons (Fsp3) is 0.500. The highest BCUT2D eigenvalue weighted by molar-refractivity contribution is 6.34. The quantitative estimate of drug-likeness (QED) is 0.900. The molecule has 6 nitrogen and oxygen atoms in total. The number of nitrogens with one attached hydrogen (secondary N) is 1. The number of halogens is 1. The number of carbonyl (C=O) groups is 1. The van der Waals surface area contributed by atoms with Crippen molar-refractivity contribution in [2.45, 2.75) is 50.7 Å². The highest BCUT2D eigenvalue weighted by atomic mass is 35.5. The molecule has 2 saturated heterocycles. The molecule has 3 heterocycles. The first-order chi connectivity index (χ1) is 12.2. The molecule has 0 radical (unpaired) electrons. The zero-order valence-electron chi connectivity index (χ0n) is 14.1. The van der Waals surface area contributed by atoms with Gasteiger partial charge in [-0.25, -0.2) is 4.79 Å². The van der Waals surface area contributed by atoms with Gasteiger partial charge in [-0.2, -0.15) is 0 Å². The Bertz CT molecular complexity index is 786. The van der Waals surface area contributed by atoms with Gasteiger partial charge in [0.25, 0.3) is 0 Å². The van der Waals surface area contributed by atoms with Crippen LogP contribution in [0.4, 0.5) is 10.6 Å². The first-order valence-corrected chi connectivity index (χ1v) is 9.17. The van der Waals surface area contributed by atoms with Crippen LogP contribution in [0, 0.1) is 0 Å². The fourth-order valence-electron chi connectivity index (χ4n) is 4.16. The van der Waals surface area contributed by atoms with Gasteiger partial charge in [-0.15, -0.1) is 10.2 Å². The number of piperidine rings is 1. The van der Waals surface area contributed by atoms with Crippen molar-refractivity contribution in [3.63, 3.8) is 0 Å². The molecule has 4 rings (SSSR count). The van der Waals surface area contributed by atoms with Gasteiger partial charge in [-0.1, -0.05) is 35.9 Å². The molecule has 3 atom stereocenters. The number of anilines is 1. The summed E-state index contributed by atoms with van der Waals surface area (Å²) in [5.41, 5.74) is 0. The summed E-state index contributed by atoms with van der Waals surface area (Å²) in [6.45, 7) is 2.27. The van der Waals surface area contributed by atoms with Crippen LogP contribution < -0.4 is 5.32 Å². The van der Waals surface area contributed by atoms with Gasteiger partial charge in [0.2, 0.25) is 0 Å². The molecular formula is C18H21ClN4O2. The Kier molecular flexibility index (Phi) is 4.37. The van der Waals surface area contributed by atoms with E-state index in [1.165, 1.54) is 0 Å². The third kappa shape index (κ3) is 2.99. The number of aromatic nitrogens is 2. The highest BCUT2D eigenvalue weighted by Crippen LogP contribution is 2.38. The fourth-order valence-corrected chi connectivity index (χ4v) is 4.36. The maximum absolute atomic E-state index is 12.2. The van der Waals surface area contributed by atoms with Crippen LogP contribution in [-0.4, -0.2) is 45.9 Å². The first-order valence-electron chi connectivity index (χ1n) is 8.80. The lowest BCUT2D eigenvalue weighted by molar-refractivity contribution is 0.0711. The van der Waals surface area contributed by atoms with Crippen molar-refractivity contribution in [3.05, 3.63) is 29.4 Å². The highest BCUT2D eigenvalue weighted by Gasteiger charge is 2.44. The van der Waals surface area contributed by atoms with E-state index in [2.05, 4.69) is 15.5 Å². The number of nitrogens with zero attached hydrogens (tertiary/aromatic N) is 3. The van der Waals surface area contributed by atoms with Crippen LogP contribution in [0.3, 0.4) is 0 Å². The molecule has 1 N–H and O–H groups in total. The SMILES string of the molecule is CCOC(=O)N1C2CC[C@@H]1CC(Nc1nnc(Cl)c3ccccc13)C2. The lowest BCUT2D eigenvalue weighted by Crippen LogP contribution is -2.50. The van der Waals surface area contributed by atoms with Gasteiger partial charge in [-0.05, 0) is 32.6 Å². The van der Waals surface area contributed by atoms with Crippen molar-refractivity contribution in [3.8, 4) is 0 Å². The Labute approximate surface area is 151 Å². The molecule has 2 fully saturated rings. The number of benzene rings is 1. The average Bonchev–Trinajstić information content (AvgIpc) is 2.89. The normalized spacial score (nSPS) is 25.2. The van der Waals surface area contributed by atoms with E-state index in [0.29, 0.717) is 11.8 Å². The molecular weight excluding hydrogens is 340 g/mol. The van der Waals surface area contributed by atoms with Crippen molar-refractivity contribution in [1.29, 1.82) is 0 Å². The van der Waals surface area contributed by atoms with Crippen molar-refractivity contribution >= 4 is 34.3 Å². The van der Waals surface area contributed by atoms with E-state index in [1.54, 1.807) is 0 Å². The van der Waals surface area contributed by atoms with Crippen molar-refractivity contribution in [2.24, 2.45) is 0 Å². The van der Waals surface area contributed by atoms with Crippen LogP contribution in [0.1, 0.15) is 32.6 Å². The minimum absolute atomic E-state index is 0.176. The van der Waals surface area contributed by atoms with Crippen LogP contribution in [0.15, 0.2) is 24.3 Å². The van der Waals surface area contributed by atoms with E-state index in [-0.39, 0.29) is 24.2 Å². The summed E-state index contributed by atoms with van der Waals surface area (Å²) < 4.78 is 5.22. The predicted octanol–water partition coefficient (Wildman–Crippen LogP) is 3.85. The number of amides is 1. The van der Waals surface area contributed by atoms with E-state index in [0.717, 1.165) is 42.3 Å². The molecule has 1 amide bonds. The molecule has 0 saturated carbocycles. The van der Waals surface area contributed by atoms with Crippen LogP contribution in [0.5, 0.6) is 0 Å². The van der Waals surface area contributed by atoms with Crippen LogP contribution in [-0.2, 0) is 4.74 Å². The molecule has 132 valence electrons. The molecule has 2 unspecified atom stereocenters. The van der Waals surface area contributed by atoms with E-state index in [9.17, 15) is 4.79 Å². The van der Waals surface area contributed by atoms with Gasteiger partial charge in [0.15, 0.2) is 11.0 Å². The number of hydrogen-bond donors (Lipinski definition) is 1. The molecule has 1 aromatic heterocycles. The molecule has 2 aliphatic heterocycles. The topological polar surface area (TPSA) is 67.3 Å². The van der Waals surface area contributed by atoms with E-state index in [1.807, 2.05) is 36.1 Å². The molecule has 0 aliphatic carbocycles. The van der Waals surface area contributed by atoms with Crippen LogP contribution in [0.2, 0.25) is 5.15 Å². The molecule has 2 bridgehead atoms. The maximum atomic E-state index is 12.2. The van der Waals surface area contributed by atoms with E-state index in [4.69, 9.17) is 16.3 Å². The summed E-state index contributed by atoms with van der Waals surface area (Å²) in [7, 11) is 0. The summed E-state index contributed by atoms with van der Waals surface area (Å²) in [5, 5.41) is 14.1. The van der Waals surface area contributed by atoms with Gasteiger partial charge < -0.3 is 15.0 Å². The van der Waals surface area contributed by atoms with Gasteiger partial charge in [0, 0.05) is 28.9 Å². The third-order valence-corrected chi connectivity index (χ3v) is 5.47. The van der Waals surface area contributed by atoms with Gasteiger partial charge in [0.1, 0.15) is 0 Å². The Hall–Kier alpha value is -2.08. The smallest absolute Gasteiger partial charge is 0.410 e. The van der Waals surface area contributed by atoms with Crippen molar-refractivity contribution in [1.82, 2.24) is 15.1 Å². The minimum Gasteiger partial charge on any atom is -0.450 e. The summed E-state index contributed by atoms with van der Waals surface area (Å²) >= 11 is 6.15. The van der Waals surface area contributed by atoms with Crippen LogP contribution in [0.25, 0.3) is 10.8 Å². The second kappa shape index (κ2) is 6.67. The van der Waals surface area contributed by atoms with E-state index >= 15 is 0 Å². The summed E-state index contributed by atoms with van der Waals surface area (Å²) in [4.78, 5) is 14.1. The summed E-state index contributed by atoms with van der Waals surface area (Å²) in [6, 6.07) is 8.60. The molecule has 25 heavy (non-hydrogen) atoms. The Balaban J connectivity index is 1.53. The number of hydrogen-bond acceptors (Lipinski definition) is 5. The maximum Gasteiger partial charge on any atom is 0.410 e. The zero-order valence-corrected chi connectivity index (χ0v) is 14.9. The number of ether oxygens (including phenoxy) is 1. The Morgan fingerprint density at radius 3 is 2.60 bits per heavy atom. The minimum atomic E-state index is -0.176. The number of fused-ring (bicyclic) bond motifs is 3. The van der Waals surface area contributed by atoms with E-state index < -0.39 is 0 Å². The monoisotopic (exact) mass is 360 g/mol. The van der Waals surface area contributed by atoms with Gasteiger partial charge in [0.05, 0.1) is 6.61 Å². The molecule has 2 aliphatic rings. The second-order valence-corrected chi connectivity index (χ2v) is 7.05. The molecule has 0 spiro atoms. The number of rotatable bonds is 3. The second-order valence-electron chi connectivity index (χ2n) is 6.69. The Morgan fingerprint density at radius 2 is 1.92 bits per heavy atom. The zero-order chi connectivity index (χ0) is 17.4. The van der Waals surface area contributed by atoms with Gasteiger partial charge in [-0.3, -0.25) is 0 Å². The lowest BCUT2D eigenvalue weighted by atomic mass is 9.97. The summed E-state index contributed by atoms with van der Waals surface area (Å²) in [5.74, 6) is 0.758. The largest absolute Gasteiger partial charge is 0.450 e. The lowest BCUT2D eigenvalue weighted by Gasteiger charge is -2.38.